The Labute approximate surface area is 245 Å². The summed E-state index contributed by atoms with van der Waals surface area (Å²) in [5.74, 6) is -0.596. The van der Waals surface area contributed by atoms with Gasteiger partial charge < -0.3 is 15.0 Å². The Morgan fingerprint density at radius 3 is 2.63 bits per heavy atom. The molecular formula is C29H33F3N8O3. The number of nitrogens with zero attached hydrogens (tertiary/aromatic N) is 7. The van der Waals surface area contributed by atoms with Crippen LogP contribution in [0.5, 0.6) is 0 Å². The monoisotopic (exact) mass is 598 g/mol. The van der Waals surface area contributed by atoms with Crippen molar-refractivity contribution < 1.29 is 27.5 Å². The van der Waals surface area contributed by atoms with Crippen molar-refractivity contribution in [1.29, 1.82) is 0 Å². The lowest BCUT2D eigenvalue weighted by molar-refractivity contribution is -0.0668. The third-order valence-corrected chi connectivity index (χ3v) is 7.74. The quantitative estimate of drug-likeness (QED) is 0.338. The minimum absolute atomic E-state index is 0.00560. The van der Waals surface area contributed by atoms with Crippen LogP contribution in [-0.4, -0.2) is 90.2 Å². The summed E-state index contributed by atoms with van der Waals surface area (Å²) in [6.07, 6.45) is 4.36. The maximum atomic E-state index is 15.3. The molecule has 11 nitrogen and oxygen atoms in total. The highest BCUT2D eigenvalue weighted by Gasteiger charge is 2.48. The Bertz CT molecular complexity index is 1670. The van der Waals surface area contributed by atoms with Gasteiger partial charge in [0, 0.05) is 49.2 Å². The highest BCUT2D eigenvalue weighted by molar-refractivity contribution is 6.09. The number of amides is 2. The Hall–Kier alpha value is -4.20. The molecule has 2 aliphatic rings. The number of benzene rings is 1. The number of carbonyl (C=O) groups excluding carboxylic acids is 2. The molecule has 1 aromatic carbocycles. The third-order valence-electron chi connectivity index (χ3n) is 7.74. The van der Waals surface area contributed by atoms with Crippen molar-refractivity contribution in [3.8, 4) is 0 Å². The summed E-state index contributed by atoms with van der Waals surface area (Å²) in [7, 11) is 0. The van der Waals surface area contributed by atoms with E-state index in [0.717, 1.165) is 0 Å². The van der Waals surface area contributed by atoms with E-state index in [1.807, 2.05) is 4.90 Å². The first-order valence-corrected chi connectivity index (χ1v) is 14.2. The molecule has 0 radical (unpaired) electrons. The molecule has 0 atom stereocenters. The number of rotatable bonds is 6. The number of hydrogen-bond donors (Lipinski definition) is 1. The second-order valence-corrected chi connectivity index (χ2v) is 12.3. The smallest absolute Gasteiger partial charge is 0.410 e. The molecule has 2 aliphatic heterocycles. The van der Waals surface area contributed by atoms with Crippen LogP contribution in [0.3, 0.4) is 0 Å². The van der Waals surface area contributed by atoms with E-state index in [2.05, 4.69) is 20.5 Å². The van der Waals surface area contributed by atoms with Gasteiger partial charge in [-0.15, -0.1) is 0 Å². The molecular weight excluding hydrogens is 565 g/mol. The number of ether oxygens (including phenoxy) is 1. The predicted molar refractivity (Wildman–Crippen MR) is 152 cm³/mol. The molecule has 1 N–H and O–H groups in total. The van der Waals surface area contributed by atoms with Crippen LogP contribution in [-0.2, 0) is 4.74 Å². The largest absolute Gasteiger partial charge is 0.444 e. The molecule has 0 spiro atoms. The topological polar surface area (TPSA) is 110 Å². The number of hydrogen-bond acceptors (Lipinski definition) is 7. The van der Waals surface area contributed by atoms with Crippen LogP contribution in [0, 0.1) is 0 Å². The Morgan fingerprint density at radius 2 is 1.93 bits per heavy atom. The molecule has 0 saturated carbocycles. The van der Waals surface area contributed by atoms with E-state index in [-0.39, 0.29) is 42.5 Å². The molecule has 4 aromatic rings. The number of nitrogens with one attached hydrogen (secondary N) is 1. The van der Waals surface area contributed by atoms with Gasteiger partial charge >= 0.3 is 6.09 Å². The summed E-state index contributed by atoms with van der Waals surface area (Å²) in [5, 5.41) is 11.9. The second-order valence-electron chi connectivity index (χ2n) is 12.3. The molecule has 228 valence electrons. The molecule has 2 amide bonds. The molecule has 2 saturated heterocycles. The second kappa shape index (κ2) is 10.8. The van der Waals surface area contributed by atoms with E-state index in [4.69, 9.17) is 4.74 Å². The number of fused-ring (bicyclic) bond motifs is 2. The van der Waals surface area contributed by atoms with E-state index in [1.54, 1.807) is 43.9 Å². The van der Waals surface area contributed by atoms with Crippen LogP contribution in [0.15, 0.2) is 43.0 Å². The first-order valence-electron chi connectivity index (χ1n) is 14.2. The number of piperidine rings is 1. The van der Waals surface area contributed by atoms with Crippen LogP contribution >= 0.6 is 0 Å². The zero-order valence-electron chi connectivity index (χ0n) is 24.1. The SMILES string of the molecule is CC(C)(C)OC(=O)N1CC(F)(CN2CCC(n3cc4cc(NC(=O)c5cnn6cccnc56)c(C(F)F)cc4n3)CC2)C1. The van der Waals surface area contributed by atoms with E-state index in [1.165, 1.54) is 33.9 Å². The Kier molecular flexibility index (Phi) is 7.27. The van der Waals surface area contributed by atoms with Gasteiger partial charge in [0.2, 0.25) is 0 Å². The number of anilines is 1. The van der Waals surface area contributed by atoms with Crippen LogP contribution < -0.4 is 5.32 Å². The zero-order chi connectivity index (χ0) is 30.5. The molecule has 3 aromatic heterocycles. The average Bonchev–Trinajstić information content (AvgIpc) is 3.54. The van der Waals surface area contributed by atoms with Gasteiger partial charge in [-0.05, 0) is 51.8 Å². The van der Waals surface area contributed by atoms with Gasteiger partial charge in [0.15, 0.2) is 11.3 Å². The van der Waals surface area contributed by atoms with Gasteiger partial charge in [-0.25, -0.2) is 27.5 Å². The molecule has 0 unspecified atom stereocenters. The van der Waals surface area contributed by atoms with Gasteiger partial charge in [0.1, 0.15) is 11.2 Å². The fourth-order valence-electron chi connectivity index (χ4n) is 5.70. The lowest BCUT2D eigenvalue weighted by Crippen LogP contribution is -2.65. The predicted octanol–water partition coefficient (Wildman–Crippen LogP) is 4.86. The van der Waals surface area contributed by atoms with Gasteiger partial charge in [0.05, 0.1) is 36.5 Å². The Morgan fingerprint density at radius 1 is 1.19 bits per heavy atom. The van der Waals surface area contributed by atoms with Gasteiger partial charge in [-0.1, -0.05) is 0 Å². The minimum Gasteiger partial charge on any atom is -0.444 e. The van der Waals surface area contributed by atoms with Crippen LogP contribution in [0.25, 0.3) is 16.6 Å². The third kappa shape index (κ3) is 6.01. The normalized spacial score (nSPS) is 17.9. The van der Waals surface area contributed by atoms with E-state index >= 15 is 4.39 Å². The summed E-state index contributed by atoms with van der Waals surface area (Å²) in [6, 6.07) is 4.48. The van der Waals surface area contributed by atoms with Gasteiger partial charge in [-0.3, -0.25) is 14.4 Å². The van der Waals surface area contributed by atoms with E-state index in [9.17, 15) is 18.4 Å². The Balaban J connectivity index is 1.10. The molecule has 0 bridgehead atoms. The average molecular weight is 599 g/mol. The summed E-state index contributed by atoms with van der Waals surface area (Å²) in [4.78, 5) is 32.7. The molecule has 14 heteroatoms. The fourth-order valence-corrected chi connectivity index (χ4v) is 5.70. The first-order chi connectivity index (χ1) is 20.4. The summed E-state index contributed by atoms with van der Waals surface area (Å²) in [5.41, 5.74) is -1.57. The van der Waals surface area contributed by atoms with Crippen molar-refractivity contribution in [2.45, 2.75) is 57.3 Å². The molecule has 6 rings (SSSR count). The first kappa shape index (κ1) is 28.9. The lowest BCUT2D eigenvalue weighted by atomic mass is 9.94. The van der Waals surface area contributed by atoms with Crippen molar-refractivity contribution in [3.63, 3.8) is 0 Å². The maximum Gasteiger partial charge on any atom is 0.410 e. The standard InChI is InChI=1S/C29H33F3N8O3/c1-28(2,3)43-27(42)38-16-29(32,17-38)15-37-9-5-19(6-10-37)40-14-18-11-23(20(24(30)31)12-22(18)36-40)35-26(41)21-13-34-39-8-4-7-33-25(21)39/h4,7-8,11-14,19,24H,5-6,9-10,15-17H2,1-3H3,(H,35,41). The van der Waals surface area contributed by atoms with Crippen LogP contribution in [0.4, 0.5) is 23.7 Å². The van der Waals surface area contributed by atoms with E-state index < -0.39 is 29.7 Å². The minimum atomic E-state index is -2.83. The lowest BCUT2D eigenvalue weighted by Gasteiger charge is -2.47. The number of halogens is 3. The van der Waals surface area contributed by atoms with Gasteiger partial charge in [0.25, 0.3) is 12.3 Å². The maximum absolute atomic E-state index is 15.3. The number of alkyl halides is 3. The van der Waals surface area contributed by atoms with Crippen molar-refractivity contribution in [1.82, 2.24) is 34.2 Å². The van der Waals surface area contributed by atoms with Crippen molar-refractivity contribution in [2.24, 2.45) is 0 Å². The van der Waals surface area contributed by atoms with Crippen molar-refractivity contribution in [2.75, 3.05) is 38.0 Å². The van der Waals surface area contributed by atoms with Crippen molar-refractivity contribution >= 4 is 34.2 Å². The van der Waals surface area contributed by atoms with Gasteiger partial charge in [-0.2, -0.15) is 10.2 Å². The molecule has 2 fully saturated rings. The molecule has 43 heavy (non-hydrogen) atoms. The summed E-state index contributed by atoms with van der Waals surface area (Å²) >= 11 is 0. The van der Waals surface area contributed by atoms with E-state index in [0.29, 0.717) is 42.5 Å². The molecule has 5 heterocycles. The zero-order valence-corrected chi connectivity index (χ0v) is 24.1. The summed E-state index contributed by atoms with van der Waals surface area (Å²) < 4.78 is 51.9. The fraction of sp³-hybridized carbons (Fsp3) is 0.483. The van der Waals surface area contributed by atoms with Crippen molar-refractivity contribution in [3.05, 3.63) is 54.1 Å². The highest BCUT2D eigenvalue weighted by atomic mass is 19.3. The highest BCUT2D eigenvalue weighted by Crippen LogP contribution is 2.34. The molecule has 0 aliphatic carbocycles. The summed E-state index contributed by atoms with van der Waals surface area (Å²) in [6.45, 7) is 6.83. The number of carbonyl (C=O) groups is 2. The number of likely N-dealkylation sites (tertiary alicyclic amines) is 2. The number of aromatic nitrogens is 5. The van der Waals surface area contributed by atoms with Crippen LogP contribution in [0.2, 0.25) is 0 Å². The van der Waals surface area contributed by atoms with Crippen LogP contribution in [0.1, 0.15) is 62.0 Å².